The van der Waals surface area contributed by atoms with E-state index >= 15 is 0 Å². The minimum Gasteiger partial charge on any atom is -0.472 e. The molecule has 1 heterocycles. The summed E-state index contributed by atoms with van der Waals surface area (Å²) in [5, 5.41) is 0. The highest BCUT2D eigenvalue weighted by Crippen LogP contribution is 2.24. The van der Waals surface area contributed by atoms with Gasteiger partial charge in [0, 0.05) is 5.69 Å². The summed E-state index contributed by atoms with van der Waals surface area (Å²) in [5.74, 6) is -0.195. The van der Waals surface area contributed by atoms with Gasteiger partial charge >= 0.3 is 0 Å². The fourth-order valence-electron chi connectivity index (χ4n) is 1.76. The van der Waals surface area contributed by atoms with E-state index in [-0.39, 0.29) is 17.8 Å². The topological polar surface area (TPSA) is 22.1 Å². The van der Waals surface area contributed by atoms with E-state index in [0.717, 1.165) is 18.5 Å². The van der Waals surface area contributed by atoms with Crippen molar-refractivity contribution in [2.45, 2.75) is 38.7 Å². The van der Waals surface area contributed by atoms with Crippen LogP contribution in [0.2, 0.25) is 0 Å². The minimum atomic E-state index is -0.359. The highest BCUT2D eigenvalue weighted by atomic mass is 19.1. The monoisotopic (exact) mass is 195 g/mol. The number of nitrogens with zero attached hydrogens (tertiary/aromatic N) is 1. The summed E-state index contributed by atoms with van der Waals surface area (Å²) in [4.78, 5) is 4.04. The van der Waals surface area contributed by atoms with Crippen LogP contribution in [0.25, 0.3) is 0 Å². The summed E-state index contributed by atoms with van der Waals surface area (Å²) in [6.07, 6.45) is 4.57. The van der Waals surface area contributed by atoms with Crippen LogP contribution in [0.15, 0.2) is 12.1 Å². The zero-order chi connectivity index (χ0) is 9.97. The second kappa shape index (κ2) is 3.95. The third kappa shape index (κ3) is 2.03. The van der Waals surface area contributed by atoms with Crippen molar-refractivity contribution in [2.75, 3.05) is 0 Å². The summed E-state index contributed by atoms with van der Waals surface area (Å²) >= 11 is 0. The Morgan fingerprint density at radius 3 is 2.79 bits per heavy atom. The molecule has 0 atom stereocenters. The van der Waals surface area contributed by atoms with Gasteiger partial charge in [0.25, 0.3) is 5.88 Å². The van der Waals surface area contributed by atoms with Crippen molar-refractivity contribution in [1.82, 2.24) is 4.98 Å². The Hall–Kier alpha value is -1.12. The van der Waals surface area contributed by atoms with Crippen LogP contribution in [0.1, 0.15) is 31.4 Å². The summed E-state index contributed by atoms with van der Waals surface area (Å²) in [5.41, 5.74) is 0.791. The van der Waals surface area contributed by atoms with Gasteiger partial charge in [0.1, 0.15) is 6.10 Å². The van der Waals surface area contributed by atoms with Crippen LogP contribution in [-0.2, 0) is 0 Å². The number of hydrogen-bond acceptors (Lipinski definition) is 2. The quantitative estimate of drug-likeness (QED) is 0.724. The van der Waals surface area contributed by atoms with Gasteiger partial charge in [-0.05, 0) is 44.7 Å². The second-order valence-electron chi connectivity index (χ2n) is 3.76. The number of aromatic nitrogens is 1. The number of hydrogen-bond donors (Lipinski definition) is 0. The molecule has 0 bridgehead atoms. The summed E-state index contributed by atoms with van der Waals surface area (Å²) in [6.45, 7) is 1.83. The van der Waals surface area contributed by atoms with Gasteiger partial charge < -0.3 is 4.74 Å². The molecule has 0 unspecified atom stereocenters. The first-order valence-corrected chi connectivity index (χ1v) is 5.05. The fourth-order valence-corrected chi connectivity index (χ4v) is 1.76. The molecule has 1 aromatic rings. The van der Waals surface area contributed by atoms with Gasteiger partial charge in [-0.25, -0.2) is 9.37 Å². The van der Waals surface area contributed by atoms with Crippen molar-refractivity contribution in [3.63, 3.8) is 0 Å². The van der Waals surface area contributed by atoms with Crippen LogP contribution in [0.4, 0.5) is 4.39 Å². The molecule has 0 N–H and O–H groups in total. The van der Waals surface area contributed by atoms with Crippen LogP contribution in [-0.4, -0.2) is 11.1 Å². The lowest BCUT2D eigenvalue weighted by atomic mass is 10.3. The number of aryl methyl sites for hydroxylation is 1. The Bertz CT molecular complexity index is 321. The molecule has 2 nitrogen and oxygen atoms in total. The molecule has 1 saturated carbocycles. The van der Waals surface area contributed by atoms with Crippen LogP contribution in [0, 0.1) is 12.7 Å². The number of halogens is 1. The highest BCUT2D eigenvalue weighted by Gasteiger charge is 2.18. The van der Waals surface area contributed by atoms with E-state index in [0.29, 0.717) is 0 Å². The van der Waals surface area contributed by atoms with Crippen LogP contribution >= 0.6 is 0 Å². The highest BCUT2D eigenvalue weighted by molar-refractivity contribution is 5.17. The van der Waals surface area contributed by atoms with Crippen LogP contribution in [0.5, 0.6) is 5.88 Å². The van der Waals surface area contributed by atoms with Crippen molar-refractivity contribution in [3.8, 4) is 5.88 Å². The van der Waals surface area contributed by atoms with Gasteiger partial charge in [0.05, 0.1) is 0 Å². The van der Waals surface area contributed by atoms with Gasteiger partial charge in [-0.15, -0.1) is 0 Å². The van der Waals surface area contributed by atoms with Gasteiger partial charge in [-0.1, -0.05) is 0 Å². The van der Waals surface area contributed by atoms with E-state index < -0.39 is 0 Å². The molecule has 2 rings (SSSR count). The molecule has 1 fully saturated rings. The average molecular weight is 195 g/mol. The zero-order valence-electron chi connectivity index (χ0n) is 8.29. The van der Waals surface area contributed by atoms with Gasteiger partial charge in [0.2, 0.25) is 0 Å². The summed E-state index contributed by atoms with van der Waals surface area (Å²) < 4.78 is 18.7. The molecule has 1 aliphatic rings. The molecule has 0 aliphatic heterocycles. The Morgan fingerprint density at radius 1 is 1.36 bits per heavy atom. The smallest absolute Gasteiger partial charge is 0.250 e. The number of pyridine rings is 1. The minimum absolute atomic E-state index is 0.164. The van der Waals surface area contributed by atoms with Crippen LogP contribution in [0.3, 0.4) is 0 Å². The van der Waals surface area contributed by atoms with Gasteiger partial charge in [0.15, 0.2) is 5.82 Å². The standard InChI is InChI=1S/C11H14FNO/c1-8-6-7-10(12)11(13-8)14-9-4-2-3-5-9/h6-7,9H,2-5H2,1H3. The lowest BCUT2D eigenvalue weighted by Crippen LogP contribution is -2.13. The largest absolute Gasteiger partial charge is 0.472 e. The van der Waals surface area contributed by atoms with Gasteiger partial charge in [-0.3, -0.25) is 0 Å². The molecule has 0 spiro atoms. The molecule has 0 aromatic carbocycles. The maximum absolute atomic E-state index is 13.2. The molecule has 0 amide bonds. The van der Waals surface area contributed by atoms with E-state index in [1.807, 2.05) is 6.92 Å². The zero-order valence-corrected chi connectivity index (χ0v) is 8.29. The maximum Gasteiger partial charge on any atom is 0.250 e. The van der Waals surface area contributed by atoms with Crippen molar-refractivity contribution >= 4 is 0 Å². The van der Waals surface area contributed by atoms with E-state index in [4.69, 9.17) is 4.74 Å². The van der Waals surface area contributed by atoms with E-state index in [9.17, 15) is 4.39 Å². The molecule has 76 valence electrons. The molecule has 0 saturated heterocycles. The molecule has 0 radical (unpaired) electrons. The predicted molar refractivity (Wildman–Crippen MR) is 51.8 cm³/mol. The van der Waals surface area contributed by atoms with Crippen molar-refractivity contribution in [3.05, 3.63) is 23.6 Å². The lowest BCUT2D eigenvalue weighted by Gasteiger charge is -2.12. The first kappa shape index (κ1) is 9.44. The summed E-state index contributed by atoms with van der Waals surface area (Å²) in [6, 6.07) is 3.06. The number of rotatable bonds is 2. The second-order valence-corrected chi connectivity index (χ2v) is 3.76. The van der Waals surface area contributed by atoms with Crippen molar-refractivity contribution in [1.29, 1.82) is 0 Å². The third-order valence-electron chi connectivity index (χ3n) is 2.53. The van der Waals surface area contributed by atoms with Crippen molar-refractivity contribution in [2.24, 2.45) is 0 Å². The first-order valence-electron chi connectivity index (χ1n) is 5.05. The van der Waals surface area contributed by atoms with Gasteiger partial charge in [-0.2, -0.15) is 0 Å². The molecule has 1 aliphatic carbocycles. The van der Waals surface area contributed by atoms with Crippen LogP contribution < -0.4 is 4.74 Å². The third-order valence-corrected chi connectivity index (χ3v) is 2.53. The van der Waals surface area contributed by atoms with E-state index in [1.165, 1.54) is 18.9 Å². The average Bonchev–Trinajstić information content (AvgIpc) is 2.64. The molecule has 3 heteroatoms. The molecule has 1 aromatic heterocycles. The Morgan fingerprint density at radius 2 is 2.07 bits per heavy atom. The predicted octanol–water partition coefficient (Wildman–Crippen LogP) is 2.85. The maximum atomic E-state index is 13.2. The Balaban J connectivity index is 2.10. The Labute approximate surface area is 83.1 Å². The van der Waals surface area contributed by atoms with Crippen molar-refractivity contribution < 1.29 is 9.13 Å². The summed E-state index contributed by atoms with van der Waals surface area (Å²) in [7, 11) is 0. The Kier molecular flexibility index (Phi) is 2.66. The first-order chi connectivity index (χ1) is 6.75. The normalized spacial score (nSPS) is 17.3. The molecular formula is C11H14FNO. The molecular weight excluding hydrogens is 181 g/mol. The fraction of sp³-hybridized carbons (Fsp3) is 0.545. The number of ether oxygens (including phenoxy) is 1. The van der Waals surface area contributed by atoms with E-state index in [2.05, 4.69) is 4.98 Å². The van der Waals surface area contributed by atoms with E-state index in [1.54, 1.807) is 6.07 Å². The lowest BCUT2D eigenvalue weighted by molar-refractivity contribution is 0.191. The SMILES string of the molecule is Cc1ccc(F)c(OC2CCCC2)n1. The molecule has 14 heavy (non-hydrogen) atoms.